The van der Waals surface area contributed by atoms with Crippen molar-refractivity contribution in [2.24, 2.45) is 5.73 Å². The van der Waals surface area contributed by atoms with E-state index in [1.165, 1.54) is 36.2 Å². The summed E-state index contributed by atoms with van der Waals surface area (Å²) in [6, 6.07) is 2.70. The number of nitrogens with two attached hydrogens (primary N) is 1. The molecule has 1 atom stereocenters. The molecule has 166 valence electrons. The number of hydrogen-bond acceptors (Lipinski definition) is 7. The van der Waals surface area contributed by atoms with Crippen LogP contribution in [0.1, 0.15) is 31.1 Å². The maximum absolute atomic E-state index is 12.9. The predicted octanol–water partition coefficient (Wildman–Crippen LogP) is 2.64. The smallest absolute Gasteiger partial charge is 0.387 e. The van der Waals surface area contributed by atoms with Crippen LogP contribution in [0.4, 0.5) is 8.78 Å². The van der Waals surface area contributed by atoms with Gasteiger partial charge in [-0.05, 0) is 38.5 Å². The SMILES string of the molecule is COc1cc(-c2cnn3cc(OC(C)C(C)(C)O)cnc23)cc(OC(F)F)c1C(N)=O. The predicted molar refractivity (Wildman–Crippen MR) is 107 cm³/mol. The molecule has 2 aromatic heterocycles. The maximum atomic E-state index is 12.9. The molecule has 0 radical (unpaired) electrons. The van der Waals surface area contributed by atoms with Crippen LogP contribution in [-0.2, 0) is 0 Å². The Morgan fingerprint density at radius 3 is 2.48 bits per heavy atom. The molecule has 1 amide bonds. The number of methoxy groups -OCH3 is 1. The summed E-state index contributed by atoms with van der Waals surface area (Å²) in [7, 11) is 1.28. The lowest BCUT2D eigenvalue weighted by Crippen LogP contribution is -2.37. The topological polar surface area (TPSA) is 121 Å². The molecule has 0 aliphatic heterocycles. The number of fused-ring (bicyclic) bond motifs is 1. The van der Waals surface area contributed by atoms with Gasteiger partial charge in [0.1, 0.15) is 23.2 Å². The molecule has 9 nitrogen and oxygen atoms in total. The van der Waals surface area contributed by atoms with E-state index in [9.17, 15) is 18.7 Å². The third kappa shape index (κ3) is 4.66. The van der Waals surface area contributed by atoms with Crippen LogP contribution in [0, 0.1) is 0 Å². The molecule has 0 saturated heterocycles. The van der Waals surface area contributed by atoms with Gasteiger partial charge in [-0.1, -0.05) is 0 Å². The van der Waals surface area contributed by atoms with Crippen molar-refractivity contribution in [3.63, 3.8) is 0 Å². The van der Waals surface area contributed by atoms with Crippen LogP contribution >= 0.6 is 0 Å². The minimum atomic E-state index is -3.17. The molecule has 0 saturated carbocycles. The average molecular weight is 436 g/mol. The highest BCUT2D eigenvalue weighted by Gasteiger charge is 2.25. The standard InChI is InChI=1S/C20H22F2N4O5/c1-10(20(2,3)28)30-12-7-24-18-13(8-25-26(18)9-12)11-5-14(29-4)16(17(23)27)15(6-11)31-19(21)22/h5-10,19,28H,1-4H3,(H2,23,27). The molecule has 3 N–H and O–H groups in total. The quantitative estimate of drug-likeness (QED) is 0.557. The maximum Gasteiger partial charge on any atom is 0.387 e. The summed E-state index contributed by atoms with van der Waals surface area (Å²) >= 11 is 0. The highest BCUT2D eigenvalue weighted by Crippen LogP contribution is 2.37. The van der Waals surface area contributed by atoms with E-state index in [4.69, 9.17) is 15.2 Å². The molecule has 0 spiro atoms. The van der Waals surface area contributed by atoms with Crippen LogP contribution in [-0.4, -0.2) is 51.0 Å². The van der Waals surface area contributed by atoms with E-state index in [1.54, 1.807) is 27.0 Å². The van der Waals surface area contributed by atoms with Crippen molar-refractivity contribution < 1.29 is 32.9 Å². The van der Waals surface area contributed by atoms with Gasteiger partial charge in [-0.15, -0.1) is 0 Å². The summed E-state index contributed by atoms with van der Waals surface area (Å²) in [5.74, 6) is -1.05. The van der Waals surface area contributed by atoms with Gasteiger partial charge in [0.25, 0.3) is 5.91 Å². The first kappa shape index (κ1) is 22.2. The molecule has 0 fully saturated rings. The Bertz CT molecular complexity index is 1110. The number of halogens is 2. The van der Waals surface area contributed by atoms with Crippen LogP contribution in [0.3, 0.4) is 0 Å². The fourth-order valence-electron chi connectivity index (χ4n) is 2.81. The summed E-state index contributed by atoms with van der Waals surface area (Å²) in [5, 5.41) is 14.3. The number of carbonyl (C=O) groups excluding carboxylic acids is 1. The Balaban J connectivity index is 2.06. The first-order valence-corrected chi connectivity index (χ1v) is 9.20. The first-order chi connectivity index (χ1) is 14.5. The van der Waals surface area contributed by atoms with Gasteiger partial charge >= 0.3 is 6.61 Å². The Kier molecular flexibility index (Phi) is 5.98. The second-order valence-corrected chi connectivity index (χ2v) is 7.32. The van der Waals surface area contributed by atoms with E-state index in [0.29, 0.717) is 22.5 Å². The second-order valence-electron chi connectivity index (χ2n) is 7.32. The molecule has 0 aliphatic carbocycles. The minimum absolute atomic E-state index is 0.0287. The fourth-order valence-corrected chi connectivity index (χ4v) is 2.81. The van der Waals surface area contributed by atoms with E-state index < -0.39 is 30.0 Å². The van der Waals surface area contributed by atoms with Gasteiger partial charge < -0.3 is 25.1 Å². The highest BCUT2D eigenvalue weighted by molar-refractivity contribution is 6.00. The molecule has 2 heterocycles. The molecule has 31 heavy (non-hydrogen) atoms. The molecule has 1 unspecified atom stereocenters. The van der Waals surface area contributed by atoms with Gasteiger partial charge in [0.15, 0.2) is 11.4 Å². The largest absolute Gasteiger partial charge is 0.496 e. The lowest BCUT2D eigenvalue weighted by molar-refractivity contribution is -0.0502. The molecule has 0 bridgehead atoms. The monoisotopic (exact) mass is 436 g/mol. The van der Waals surface area contributed by atoms with Gasteiger partial charge in [-0.3, -0.25) is 4.79 Å². The number of carbonyl (C=O) groups is 1. The zero-order valence-corrected chi connectivity index (χ0v) is 17.3. The molecular formula is C20H22F2N4O5. The third-order valence-electron chi connectivity index (χ3n) is 4.70. The van der Waals surface area contributed by atoms with Crippen molar-refractivity contribution in [2.45, 2.75) is 39.1 Å². The summed E-state index contributed by atoms with van der Waals surface area (Å²) in [6.07, 6.45) is 3.98. The molecule has 1 aromatic carbocycles. The molecule has 3 rings (SSSR count). The lowest BCUT2D eigenvalue weighted by Gasteiger charge is -2.26. The minimum Gasteiger partial charge on any atom is -0.496 e. The third-order valence-corrected chi connectivity index (χ3v) is 4.70. The summed E-state index contributed by atoms with van der Waals surface area (Å²) in [4.78, 5) is 16.1. The Labute approximate surface area is 176 Å². The van der Waals surface area contributed by atoms with Gasteiger partial charge in [-0.25, -0.2) is 9.50 Å². The number of amides is 1. The summed E-state index contributed by atoms with van der Waals surface area (Å²) < 4.78 is 42.5. The van der Waals surface area contributed by atoms with E-state index in [2.05, 4.69) is 14.8 Å². The summed E-state index contributed by atoms with van der Waals surface area (Å²) in [6.45, 7) is 1.79. The van der Waals surface area contributed by atoms with Crippen LogP contribution < -0.4 is 19.9 Å². The fraction of sp³-hybridized carbons (Fsp3) is 0.350. The molecular weight excluding hydrogens is 414 g/mol. The number of primary amides is 1. The number of aliphatic hydroxyl groups is 1. The lowest BCUT2D eigenvalue weighted by atomic mass is 10.0. The van der Waals surface area contributed by atoms with Crippen LogP contribution in [0.2, 0.25) is 0 Å². The average Bonchev–Trinajstić information content (AvgIpc) is 3.09. The van der Waals surface area contributed by atoms with Crippen molar-refractivity contribution in [1.29, 1.82) is 0 Å². The van der Waals surface area contributed by atoms with E-state index in [0.717, 1.165) is 0 Å². The van der Waals surface area contributed by atoms with Crippen LogP contribution in [0.5, 0.6) is 17.2 Å². The Morgan fingerprint density at radius 2 is 1.90 bits per heavy atom. The number of aromatic nitrogens is 3. The highest BCUT2D eigenvalue weighted by atomic mass is 19.3. The number of hydrogen-bond donors (Lipinski definition) is 2. The van der Waals surface area contributed by atoms with Crippen molar-refractivity contribution in [1.82, 2.24) is 14.6 Å². The Morgan fingerprint density at radius 1 is 1.23 bits per heavy atom. The van der Waals surface area contributed by atoms with Gasteiger partial charge in [-0.2, -0.15) is 13.9 Å². The molecule has 3 aromatic rings. The van der Waals surface area contributed by atoms with Crippen molar-refractivity contribution in [3.05, 3.63) is 36.3 Å². The van der Waals surface area contributed by atoms with Crippen molar-refractivity contribution in [3.8, 4) is 28.4 Å². The normalized spacial score (nSPS) is 12.8. The van der Waals surface area contributed by atoms with Crippen LogP contribution in [0.15, 0.2) is 30.7 Å². The van der Waals surface area contributed by atoms with Gasteiger partial charge in [0.05, 0.1) is 31.3 Å². The van der Waals surface area contributed by atoms with E-state index >= 15 is 0 Å². The number of nitrogens with zero attached hydrogens (tertiary/aromatic N) is 3. The zero-order chi connectivity index (χ0) is 22.9. The van der Waals surface area contributed by atoms with Gasteiger partial charge in [0.2, 0.25) is 0 Å². The number of ether oxygens (including phenoxy) is 3. The molecule has 0 aliphatic rings. The number of alkyl halides is 2. The number of benzene rings is 1. The second kappa shape index (κ2) is 8.34. The van der Waals surface area contributed by atoms with Crippen molar-refractivity contribution >= 4 is 11.6 Å². The first-order valence-electron chi connectivity index (χ1n) is 9.20. The summed E-state index contributed by atoms with van der Waals surface area (Å²) in [5.41, 5.74) is 5.17. The van der Waals surface area contributed by atoms with Gasteiger partial charge in [0, 0.05) is 5.56 Å². The van der Waals surface area contributed by atoms with E-state index in [1.807, 2.05) is 0 Å². The Hall–Kier alpha value is -3.47. The van der Waals surface area contributed by atoms with E-state index in [-0.39, 0.29) is 11.3 Å². The number of rotatable bonds is 8. The van der Waals surface area contributed by atoms with Crippen LogP contribution in [0.25, 0.3) is 16.8 Å². The molecule has 11 heteroatoms. The zero-order valence-electron chi connectivity index (χ0n) is 17.3. The van der Waals surface area contributed by atoms with Crippen molar-refractivity contribution in [2.75, 3.05) is 7.11 Å².